The Morgan fingerprint density at radius 2 is 1.90 bits per heavy atom. The third-order valence-electron chi connectivity index (χ3n) is 3.46. The van der Waals surface area contributed by atoms with E-state index in [2.05, 4.69) is 5.32 Å². The summed E-state index contributed by atoms with van der Waals surface area (Å²) in [5.41, 5.74) is 2.91. The molecule has 2 nitrogen and oxygen atoms in total. The van der Waals surface area contributed by atoms with Crippen LogP contribution in [0.25, 0.3) is 0 Å². The predicted octanol–water partition coefficient (Wildman–Crippen LogP) is 4.50. The molecule has 112 valence electrons. The first kappa shape index (κ1) is 15.8. The second-order valence-electron chi connectivity index (χ2n) is 4.88. The minimum absolute atomic E-state index is 0.0668. The zero-order chi connectivity index (χ0) is 15.4. The zero-order valence-electron chi connectivity index (χ0n) is 12.4. The van der Waals surface area contributed by atoms with E-state index < -0.39 is 0 Å². The fraction of sp³-hybridized carbons (Fsp3) is 0.294. The summed E-state index contributed by atoms with van der Waals surface area (Å²) in [6.45, 7) is 4.73. The Labute approximate surface area is 129 Å². The van der Waals surface area contributed by atoms with Crippen LogP contribution in [0.15, 0.2) is 36.4 Å². The van der Waals surface area contributed by atoms with E-state index >= 15 is 0 Å². The molecule has 0 amide bonds. The second kappa shape index (κ2) is 6.92. The van der Waals surface area contributed by atoms with Crippen molar-refractivity contribution in [3.8, 4) is 5.75 Å². The highest BCUT2D eigenvalue weighted by Crippen LogP contribution is 2.33. The SMILES string of the molecule is CCNC(c1ccc(F)cc1C)c1ccc(Cl)cc1OC. The van der Waals surface area contributed by atoms with Gasteiger partial charge in [-0.2, -0.15) is 0 Å². The standard InChI is InChI=1S/C17H19ClFNO/c1-4-20-17(14-8-6-13(19)9-11(14)2)15-7-5-12(18)10-16(15)21-3/h5-10,17,20H,4H2,1-3H3. The van der Waals surface area contributed by atoms with E-state index in [0.29, 0.717) is 5.02 Å². The molecule has 4 heteroatoms. The van der Waals surface area contributed by atoms with Gasteiger partial charge in [-0.25, -0.2) is 4.39 Å². The molecule has 2 aromatic carbocycles. The highest BCUT2D eigenvalue weighted by atomic mass is 35.5. The molecule has 0 aliphatic rings. The van der Waals surface area contributed by atoms with Crippen molar-refractivity contribution >= 4 is 11.6 Å². The molecule has 0 aliphatic carbocycles. The fourth-order valence-corrected chi connectivity index (χ4v) is 2.64. The normalized spacial score (nSPS) is 12.2. The Hall–Kier alpha value is -1.58. The Morgan fingerprint density at radius 1 is 1.19 bits per heavy atom. The Kier molecular flexibility index (Phi) is 5.21. The van der Waals surface area contributed by atoms with E-state index in [4.69, 9.17) is 16.3 Å². The highest BCUT2D eigenvalue weighted by molar-refractivity contribution is 6.30. The van der Waals surface area contributed by atoms with Gasteiger partial charge in [0.2, 0.25) is 0 Å². The molecule has 0 spiro atoms. The van der Waals surface area contributed by atoms with Gasteiger partial charge < -0.3 is 10.1 Å². The summed E-state index contributed by atoms with van der Waals surface area (Å²) in [5, 5.41) is 4.05. The molecule has 0 fully saturated rings. The van der Waals surface area contributed by atoms with Gasteiger partial charge in [-0.15, -0.1) is 0 Å². The van der Waals surface area contributed by atoms with Gasteiger partial charge in [0.15, 0.2) is 0 Å². The second-order valence-corrected chi connectivity index (χ2v) is 5.31. The van der Waals surface area contributed by atoms with Crippen molar-refractivity contribution in [2.75, 3.05) is 13.7 Å². The molecule has 1 atom stereocenters. The Morgan fingerprint density at radius 3 is 2.52 bits per heavy atom. The van der Waals surface area contributed by atoms with Crippen molar-refractivity contribution in [1.82, 2.24) is 5.32 Å². The third kappa shape index (κ3) is 3.55. The first-order valence-corrected chi connectivity index (χ1v) is 7.27. The van der Waals surface area contributed by atoms with E-state index in [-0.39, 0.29) is 11.9 Å². The minimum Gasteiger partial charge on any atom is -0.496 e. The largest absolute Gasteiger partial charge is 0.496 e. The number of hydrogen-bond donors (Lipinski definition) is 1. The summed E-state index contributed by atoms with van der Waals surface area (Å²) in [5.74, 6) is 0.492. The summed E-state index contributed by atoms with van der Waals surface area (Å²) < 4.78 is 18.8. The monoisotopic (exact) mass is 307 g/mol. The average Bonchev–Trinajstić information content (AvgIpc) is 2.45. The van der Waals surface area contributed by atoms with Crippen molar-refractivity contribution in [3.63, 3.8) is 0 Å². The smallest absolute Gasteiger partial charge is 0.125 e. The molecule has 0 saturated carbocycles. The van der Waals surface area contributed by atoms with Crippen LogP contribution in [0.1, 0.15) is 29.7 Å². The molecule has 2 rings (SSSR count). The third-order valence-corrected chi connectivity index (χ3v) is 3.69. The fourth-order valence-electron chi connectivity index (χ4n) is 2.48. The molecular formula is C17H19ClFNO. The molecule has 0 bridgehead atoms. The predicted molar refractivity (Wildman–Crippen MR) is 84.7 cm³/mol. The quantitative estimate of drug-likeness (QED) is 0.878. The summed E-state index contributed by atoms with van der Waals surface area (Å²) in [4.78, 5) is 0. The van der Waals surface area contributed by atoms with Crippen LogP contribution in [-0.4, -0.2) is 13.7 Å². The summed E-state index contributed by atoms with van der Waals surface area (Å²) >= 11 is 6.03. The summed E-state index contributed by atoms with van der Waals surface area (Å²) in [6, 6.07) is 10.3. The zero-order valence-corrected chi connectivity index (χ0v) is 13.2. The van der Waals surface area contributed by atoms with Crippen LogP contribution in [0, 0.1) is 12.7 Å². The van der Waals surface area contributed by atoms with Crippen LogP contribution in [0.2, 0.25) is 5.02 Å². The van der Waals surface area contributed by atoms with Gasteiger partial charge >= 0.3 is 0 Å². The number of halogens is 2. The van der Waals surface area contributed by atoms with Crippen LogP contribution >= 0.6 is 11.6 Å². The maximum absolute atomic E-state index is 13.3. The lowest BCUT2D eigenvalue weighted by Crippen LogP contribution is -2.23. The van der Waals surface area contributed by atoms with Gasteiger partial charge in [-0.1, -0.05) is 30.7 Å². The molecular weight excluding hydrogens is 289 g/mol. The average molecular weight is 308 g/mol. The van der Waals surface area contributed by atoms with Crippen LogP contribution < -0.4 is 10.1 Å². The number of benzene rings is 2. The van der Waals surface area contributed by atoms with Crippen molar-refractivity contribution in [2.45, 2.75) is 19.9 Å². The van der Waals surface area contributed by atoms with Crippen molar-refractivity contribution in [3.05, 3.63) is 63.9 Å². The molecule has 0 saturated heterocycles. The number of nitrogens with one attached hydrogen (secondary N) is 1. The lowest BCUT2D eigenvalue weighted by Gasteiger charge is -2.23. The lowest BCUT2D eigenvalue weighted by molar-refractivity contribution is 0.404. The molecule has 0 aliphatic heterocycles. The lowest BCUT2D eigenvalue weighted by atomic mass is 9.94. The van der Waals surface area contributed by atoms with Gasteiger partial charge in [0, 0.05) is 10.6 Å². The van der Waals surface area contributed by atoms with Crippen LogP contribution in [0.4, 0.5) is 4.39 Å². The van der Waals surface area contributed by atoms with E-state index in [1.807, 2.05) is 32.0 Å². The molecule has 1 unspecified atom stereocenters. The van der Waals surface area contributed by atoms with Crippen molar-refractivity contribution in [1.29, 1.82) is 0 Å². The molecule has 0 radical (unpaired) electrons. The molecule has 0 aromatic heterocycles. The number of methoxy groups -OCH3 is 1. The maximum Gasteiger partial charge on any atom is 0.125 e. The molecule has 21 heavy (non-hydrogen) atoms. The van der Waals surface area contributed by atoms with Gasteiger partial charge in [-0.3, -0.25) is 0 Å². The maximum atomic E-state index is 13.3. The Bertz CT molecular complexity index is 630. The Balaban J connectivity index is 2.53. The first-order chi connectivity index (χ1) is 10.1. The van der Waals surface area contributed by atoms with E-state index in [1.165, 1.54) is 6.07 Å². The number of hydrogen-bond acceptors (Lipinski definition) is 2. The topological polar surface area (TPSA) is 21.3 Å². The number of ether oxygens (including phenoxy) is 1. The highest BCUT2D eigenvalue weighted by Gasteiger charge is 2.19. The van der Waals surface area contributed by atoms with E-state index in [1.54, 1.807) is 19.2 Å². The number of aryl methyl sites for hydroxylation is 1. The summed E-state index contributed by atoms with van der Waals surface area (Å²) in [7, 11) is 1.62. The van der Waals surface area contributed by atoms with E-state index in [0.717, 1.165) is 29.0 Å². The molecule has 0 heterocycles. The van der Waals surface area contributed by atoms with E-state index in [9.17, 15) is 4.39 Å². The minimum atomic E-state index is -0.227. The van der Waals surface area contributed by atoms with Crippen molar-refractivity contribution in [2.24, 2.45) is 0 Å². The number of rotatable bonds is 5. The summed E-state index contributed by atoms with van der Waals surface area (Å²) in [6.07, 6.45) is 0. The van der Waals surface area contributed by atoms with Crippen LogP contribution in [0.3, 0.4) is 0 Å². The van der Waals surface area contributed by atoms with Crippen molar-refractivity contribution < 1.29 is 9.13 Å². The first-order valence-electron chi connectivity index (χ1n) is 6.89. The molecule has 2 aromatic rings. The van der Waals surface area contributed by atoms with Crippen LogP contribution in [0.5, 0.6) is 5.75 Å². The molecule has 1 N–H and O–H groups in total. The van der Waals surface area contributed by atoms with Gasteiger partial charge in [0.25, 0.3) is 0 Å². The van der Waals surface area contributed by atoms with Gasteiger partial charge in [-0.05, 0) is 48.9 Å². The van der Waals surface area contributed by atoms with Gasteiger partial charge in [0.05, 0.1) is 13.2 Å². The van der Waals surface area contributed by atoms with Crippen LogP contribution in [-0.2, 0) is 0 Å². The van der Waals surface area contributed by atoms with Gasteiger partial charge in [0.1, 0.15) is 11.6 Å².